The van der Waals surface area contributed by atoms with Crippen LogP contribution in [0.1, 0.15) is 55.2 Å². The third-order valence-corrected chi connectivity index (χ3v) is 4.74. The molecule has 1 unspecified atom stereocenters. The van der Waals surface area contributed by atoms with Crippen LogP contribution < -0.4 is 5.32 Å². The maximum atomic E-state index is 9.77. The Morgan fingerprint density at radius 1 is 1.26 bits per heavy atom. The molecule has 1 fully saturated rings. The molecule has 0 bridgehead atoms. The van der Waals surface area contributed by atoms with E-state index in [1.54, 1.807) is 0 Å². The first-order valence-electron chi connectivity index (χ1n) is 7.52. The first kappa shape index (κ1) is 12.7. The van der Waals surface area contributed by atoms with Crippen LogP contribution in [0.4, 0.5) is 0 Å². The topological polar surface area (TPSA) is 35.8 Å². The molecule has 1 N–H and O–H groups in total. The number of nitrogens with one attached hydrogen (secondary N) is 1. The first-order valence-corrected chi connectivity index (χ1v) is 7.52. The van der Waals surface area contributed by atoms with E-state index in [9.17, 15) is 5.26 Å². The predicted octanol–water partition coefficient (Wildman–Crippen LogP) is 3.58. The lowest BCUT2D eigenvalue weighted by atomic mass is 9.88. The lowest BCUT2D eigenvalue weighted by Crippen LogP contribution is -2.46. The summed E-state index contributed by atoms with van der Waals surface area (Å²) >= 11 is 0. The molecule has 0 heterocycles. The number of hydrogen-bond acceptors (Lipinski definition) is 2. The number of hydrogen-bond donors (Lipinski definition) is 1. The zero-order chi connectivity index (χ0) is 13.3. The van der Waals surface area contributed by atoms with Crippen molar-refractivity contribution in [2.75, 3.05) is 0 Å². The quantitative estimate of drug-likeness (QED) is 0.875. The second-order valence-corrected chi connectivity index (χ2v) is 6.16. The van der Waals surface area contributed by atoms with Gasteiger partial charge in [-0.15, -0.1) is 0 Å². The monoisotopic (exact) mass is 254 g/mol. The number of rotatable bonds is 2. The van der Waals surface area contributed by atoms with Gasteiger partial charge in [0, 0.05) is 6.04 Å². The van der Waals surface area contributed by atoms with Gasteiger partial charge in [0.15, 0.2) is 0 Å². The number of nitriles is 1. The Bertz CT molecular complexity index is 508. The molecule has 0 amide bonds. The minimum absolute atomic E-state index is 0.427. The highest BCUT2D eigenvalue weighted by Crippen LogP contribution is 2.38. The van der Waals surface area contributed by atoms with Crippen LogP contribution in [0.15, 0.2) is 18.2 Å². The second kappa shape index (κ2) is 4.98. The molecule has 0 aliphatic heterocycles. The van der Waals surface area contributed by atoms with E-state index in [0.717, 1.165) is 12.8 Å². The zero-order valence-electron chi connectivity index (χ0n) is 11.7. The van der Waals surface area contributed by atoms with Crippen LogP contribution in [-0.4, -0.2) is 6.04 Å². The molecule has 2 aliphatic rings. The molecule has 100 valence electrons. The van der Waals surface area contributed by atoms with Gasteiger partial charge in [-0.2, -0.15) is 5.26 Å². The molecular weight excluding hydrogens is 232 g/mol. The SMILES string of the molecule is Cc1ccc2c(c1)C(C#N)(NC1CCCCC1)CC2. The zero-order valence-corrected chi connectivity index (χ0v) is 11.7. The Morgan fingerprint density at radius 3 is 2.79 bits per heavy atom. The summed E-state index contributed by atoms with van der Waals surface area (Å²) in [5.41, 5.74) is 3.42. The summed E-state index contributed by atoms with van der Waals surface area (Å²) in [6, 6.07) is 9.69. The maximum absolute atomic E-state index is 9.77. The van der Waals surface area contributed by atoms with Crippen molar-refractivity contribution < 1.29 is 0 Å². The molecule has 0 spiro atoms. The average molecular weight is 254 g/mol. The molecule has 1 atom stereocenters. The summed E-state index contributed by atoms with van der Waals surface area (Å²) in [7, 11) is 0. The number of nitrogens with zero attached hydrogens (tertiary/aromatic N) is 1. The highest BCUT2D eigenvalue weighted by Gasteiger charge is 2.40. The van der Waals surface area contributed by atoms with Crippen LogP contribution in [0.2, 0.25) is 0 Å². The van der Waals surface area contributed by atoms with Crippen LogP contribution in [0.25, 0.3) is 0 Å². The van der Waals surface area contributed by atoms with Crippen molar-refractivity contribution in [3.63, 3.8) is 0 Å². The molecule has 2 aliphatic carbocycles. The van der Waals surface area contributed by atoms with Crippen LogP contribution in [0, 0.1) is 18.3 Å². The van der Waals surface area contributed by atoms with E-state index in [1.165, 1.54) is 48.8 Å². The van der Waals surface area contributed by atoms with Crippen molar-refractivity contribution >= 4 is 0 Å². The minimum Gasteiger partial charge on any atom is -0.293 e. The van der Waals surface area contributed by atoms with Crippen molar-refractivity contribution in [1.82, 2.24) is 5.32 Å². The highest BCUT2D eigenvalue weighted by molar-refractivity contribution is 5.45. The average Bonchev–Trinajstić information content (AvgIpc) is 2.79. The predicted molar refractivity (Wildman–Crippen MR) is 76.8 cm³/mol. The van der Waals surface area contributed by atoms with Gasteiger partial charge in [0.25, 0.3) is 0 Å². The summed E-state index contributed by atoms with van der Waals surface area (Å²) in [6.45, 7) is 2.11. The highest BCUT2D eigenvalue weighted by atomic mass is 15.0. The van der Waals surface area contributed by atoms with Gasteiger partial charge in [0.05, 0.1) is 6.07 Å². The molecule has 0 radical (unpaired) electrons. The van der Waals surface area contributed by atoms with Gasteiger partial charge in [-0.05, 0) is 43.7 Å². The Kier molecular flexibility index (Phi) is 3.33. The molecule has 3 rings (SSSR count). The minimum atomic E-state index is -0.427. The van der Waals surface area contributed by atoms with E-state index in [0.29, 0.717) is 6.04 Å². The van der Waals surface area contributed by atoms with Gasteiger partial charge in [0.2, 0.25) is 0 Å². The van der Waals surface area contributed by atoms with Crippen LogP contribution in [-0.2, 0) is 12.0 Å². The van der Waals surface area contributed by atoms with Gasteiger partial charge in [-0.25, -0.2) is 0 Å². The van der Waals surface area contributed by atoms with Crippen molar-refractivity contribution in [2.45, 2.75) is 63.5 Å². The smallest absolute Gasteiger partial charge is 0.133 e. The van der Waals surface area contributed by atoms with E-state index < -0.39 is 5.54 Å². The normalized spacial score (nSPS) is 26.9. The summed E-state index contributed by atoms with van der Waals surface area (Å²) < 4.78 is 0. The molecule has 1 aromatic rings. The lowest BCUT2D eigenvalue weighted by Gasteiger charge is -2.32. The Morgan fingerprint density at radius 2 is 2.05 bits per heavy atom. The van der Waals surface area contributed by atoms with Gasteiger partial charge in [-0.1, -0.05) is 43.0 Å². The molecule has 0 aromatic heterocycles. The maximum Gasteiger partial charge on any atom is 0.133 e. The molecule has 2 heteroatoms. The molecule has 19 heavy (non-hydrogen) atoms. The van der Waals surface area contributed by atoms with Gasteiger partial charge in [-0.3, -0.25) is 5.32 Å². The van der Waals surface area contributed by atoms with Crippen molar-refractivity contribution in [2.24, 2.45) is 0 Å². The molecular formula is C17H22N2. The molecule has 1 aromatic carbocycles. The fourth-order valence-electron chi connectivity index (χ4n) is 3.66. The van der Waals surface area contributed by atoms with Crippen molar-refractivity contribution in [1.29, 1.82) is 5.26 Å². The Balaban J connectivity index is 1.89. The Labute approximate surface area is 115 Å². The standard InChI is InChI=1S/C17H22N2/c1-13-7-8-14-9-10-17(12-18,16(14)11-13)19-15-5-3-2-4-6-15/h7-8,11,15,19H,2-6,9-10H2,1H3. The largest absolute Gasteiger partial charge is 0.293 e. The number of fused-ring (bicyclic) bond motifs is 1. The van der Waals surface area contributed by atoms with Crippen LogP contribution >= 0.6 is 0 Å². The fourth-order valence-corrected chi connectivity index (χ4v) is 3.66. The van der Waals surface area contributed by atoms with E-state index in [-0.39, 0.29) is 0 Å². The van der Waals surface area contributed by atoms with E-state index in [1.807, 2.05) is 0 Å². The fraction of sp³-hybridized carbons (Fsp3) is 0.588. The molecule has 2 nitrogen and oxygen atoms in total. The van der Waals surface area contributed by atoms with Crippen molar-refractivity contribution in [3.05, 3.63) is 34.9 Å². The number of benzene rings is 1. The third-order valence-electron chi connectivity index (χ3n) is 4.74. The van der Waals surface area contributed by atoms with E-state index in [4.69, 9.17) is 0 Å². The van der Waals surface area contributed by atoms with Gasteiger partial charge >= 0.3 is 0 Å². The van der Waals surface area contributed by atoms with Crippen molar-refractivity contribution in [3.8, 4) is 6.07 Å². The van der Waals surface area contributed by atoms with E-state index in [2.05, 4.69) is 36.5 Å². The Hall–Kier alpha value is -1.33. The van der Waals surface area contributed by atoms with Gasteiger partial charge < -0.3 is 0 Å². The summed E-state index contributed by atoms with van der Waals surface area (Å²) in [4.78, 5) is 0. The number of aryl methyl sites for hydroxylation is 2. The summed E-state index contributed by atoms with van der Waals surface area (Å²) in [5, 5.41) is 13.5. The summed E-state index contributed by atoms with van der Waals surface area (Å²) in [6.07, 6.45) is 8.38. The third kappa shape index (κ3) is 2.28. The van der Waals surface area contributed by atoms with E-state index >= 15 is 0 Å². The van der Waals surface area contributed by atoms with Gasteiger partial charge in [0.1, 0.15) is 5.54 Å². The molecule has 1 saturated carbocycles. The van der Waals surface area contributed by atoms with Crippen LogP contribution in [0.3, 0.4) is 0 Å². The molecule has 0 saturated heterocycles. The first-order chi connectivity index (χ1) is 9.23. The summed E-state index contributed by atoms with van der Waals surface area (Å²) in [5.74, 6) is 0. The van der Waals surface area contributed by atoms with Crippen LogP contribution in [0.5, 0.6) is 0 Å². The second-order valence-electron chi connectivity index (χ2n) is 6.16. The lowest BCUT2D eigenvalue weighted by molar-refractivity contribution is 0.295.